The fourth-order valence-electron chi connectivity index (χ4n) is 2.86. The average Bonchev–Trinajstić information content (AvgIpc) is 2.65. The molecule has 0 amide bonds. The highest BCUT2D eigenvalue weighted by atomic mass is 127. The zero-order valence-corrected chi connectivity index (χ0v) is 17.3. The highest BCUT2D eigenvalue weighted by Crippen LogP contribution is 2.20. The number of rotatable bonds is 7. The van der Waals surface area contributed by atoms with Gasteiger partial charge in [-0.2, -0.15) is 5.26 Å². The quantitative estimate of drug-likeness (QED) is 0.285. The molecule has 6 heteroatoms. The van der Waals surface area contributed by atoms with Crippen LogP contribution in [0.3, 0.4) is 0 Å². The van der Waals surface area contributed by atoms with Crippen LogP contribution < -0.4 is 10.6 Å². The van der Waals surface area contributed by atoms with Crippen LogP contribution in [0.4, 0.5) is 0 Å². The van der Waals surface area contributed by atoms with Gasteiger partial charge < -0.3 is 15.4 Å². The molecule has 1 aromatic carbocycles. The molecule has 2 N–H and O–H groups in total. The standard InChI is InChI=1S/C19H28N4O.HI/c1-21-19(23-15-17-10-8-16(14-20)9-11-17)22-12-5-13-24-18-6-3-2-4-7-18;/h8-11,18H,2-7,12-13,15H2,1H3,(H2,21,22,23);1H. The number of ether oxygens (including phenoxy) is 1. The number of benzene rings is 1. The Hall–Kier alpha value is -1.33. The van der Waals surface area contributed by atoms with E-state index in [1.807, 2.05) is 24.3 Å². The lowest BCUT2D eigenvalue weighted by atomic mass is 9.98. The third kappa shape index (κ3) is 8.54. The van der Waals surface area contributed by atoms with Crippen LogP contribution in [0.1, 0.15) is 49.7 Å². The molecule has 138 valence electrons. The van der Waals surface area contributed by atoms with E-state index < -0.39 is 0 Å². The first kappa shape index (κ1) is 21.7. The summed E-state index contributed by atoms with van der Waals surface area (Å²) in [4.78, 5) is 4.23. The van der Waals surface area contributed by atoms with Gasteiger partial charge in [0.05, 0.1) is 17.7 Å². The molecular weight excluding hydrogens is 427 g/mol. The Bertz CT molecular complexity index is 548. The Labute approximate surface area is 168 Å². The minimum Gasteiger partial charge on any atom is -0.378 e. The van der Waals surface area contributed by atoms with E-state index in [1.165, 1.54) is 32.1 Å². The smallest absolute Gasteiger partial charge is 0.191 e. The Balaban J connectivity index is 0.00000312. The van der Waals surface area contributed by atoms with Crippen molar-refractivity contribution in [2.24, 2.45) is 4.99 Å². The van der Waals surface area contributed by atoms with E-state index in [4.69, 9.17) is 10.00 Å². The summed E-state index contributed by atoms with van der Waals surface area (Å²) in [6, 6.07) is 9.69. The van der Waals surface area contributed by atoms with E-state index >= 15 is 0 Å². The van der Waals surface area contributed by atoms with Gasteiger partial charge in [0.1, 0.15) is 0 Å². The van der Waals surface area contributed by atoms with E-state index in [-0.39, 0.29) is 24.0 Å². The minimum atomic E-state index is 0. The van der Waals surface area contributed by atoms with E-state index in [1.54, 1.807) is 7.05 Å². The highest BCUT2D eigenvalue weighted by Gasteiger charge is 2.12. The summed E-state index contributed by atoms with van der Waals surface area (Å²) >= 11 is 0. The predicted molar refractivity (Wildman–Crippen MR) is 112 cm³/mol. The number of hydrogen-bond acceptors (Lipinski definition) is 3. The van der Waals surface area contributed by atoms with Crippen molar-refractivity contribution in [1.29, 1.82) is 5.26 Å². The number of guanidine groups is 1. The summed E-state index contributed by atoms with van der Waals surface area (Å²) in [5.74, 6) is 0.789. The molecule has 0 heterocycles. The van der Waals surface area contributed by atoms with Gasteiger partial charge >= 0.3 is 0 Å². The first-order valence-corrected chi connectivity index (χ1v) is 8.87. The number of nitrogens with one attached hydrogen (secondary N) is 2. The van der Waals surface area contributed by atoms with Crippen molar-refractivity contribution in [2.75, 3.05) is 20.2 Å². The Morgan fingerprint density at radius 2 is 1.92 bits per heavy atom. The van der Waals surface area contributed by atoms with Crippen molar-refractivity contribution in [3.05, 3.63) is 35.4 Å². The number of hydrogen-bond donors (Lipinski definition) is 2. The monoisotopic (exact) mass is 456 g/mol. The maximum absolute atomic E-state index is 8.80. The summed E-state index contributed by atoms with van der Waals surface area (Å²) in [5, 5.41) is 15.4. The third-order valence-electron chi connectivity index (χ3n) is 4.29. The Morgan fingerprint density at radius 1 is 1.20 bits per heavy atom. The van der Waals surface area contributed by atoms with Gasteiger partial charge in [-0.3, -0.25) is 4.99 Å². The zero-order chi connectivity index (χ0) is 17.0. The topological polar surface area (TPSA) is 69.4 Å². The molecule has 5 nitrogen and oxygen atoms in total. The summed E-state index contributed by atoms with van der Waals surface area (Å²) in [5.41, 5.74) is 1.80. The lowest BCUT2D eigenvalue weighted by Crippen LogP contribution is -2.37. The second kappa shape index (κ2) is 13.0. The van der Waals surface area contributed by atoms with Crippen LogP contribution >= 0.6 is 24.0 Å². The highest BCUT2D eigenvalue weighted by molar-refractivity contribution is 14.0. The van der Waals surface area contributed by atoms with Crippen LogP contribution in [-0.2, 0) is 11.3 Å². The first-order chi connectivity index (χ1) is 11.8. The van der Waals surface area contributed by atoms with Gasteiger partial charge in [-0.25, -0.2) is 0 Å². The third-order valence-corrected chi connectivity index (χ3v) is 4.29. The molecule has 0 spiro atoms. The maximum atomic E-state index is 8.80. The van der Waals surface area contributed by atoms with Crippen LogP contribution in [0.2, 0.25) is 0 Å². The lowest BCUT2D eigenvalue weighted by molar-refractivity contribution is 0.0277. The molecule has 1 fully saturated rings. The van der Waals surface area contributed by atoms with Crippen molar-refractivity contribution < 1.29 is 4.74 Å². The van der Waals surface area contributed by atoms with Crippen LogP contribution in [-0.4, -0.2) is 32.3 Å². The normalized spacial score (nSPS) is 15.1. The number of aliphatic imine (C=N–C) groups is 1. The van der Waals surface area contributed by atoms with Crippen molar-refractivity contribution >= 4 is 29.9 Å². The van der Waals surface area contributed by atoms with Crippen LogP contribution in [0, 0.1) is 11.3 Å². The maximum Gasteiger partial charge on any atom is 0.191 e. The number of nitriles is 1. The minimum absolute atomic E-state index is 0. The molecule has 1 aliphatic rings. The largest absolute Gasteiger partial charge is 0.378 e. The molecular formula is C19H29IN4O. The molecule has 1 aromatic rings. The Morgan fingerprint density at radius 3 is 2.56 bits per heavy atom. The number of halogens is 1. The van der Waals surface area contributed by atoms with Crippen molar-refractivity contribution in [2.45, 2.75) is 51.2 Å². The summed E-state index contributed by atoms with van der Waals surface area (Å²) in [7, 11) is 1.77. The van der Waals surface area contributed by atoms with Crippen molar-refractivity contribution in [3.63, 3.8) is 0 Å². The molecule has 0 aliphatic heterocycles. The van der Waals surface area contributed by atoms with Crippen molar-refractivity contribution in [1.82, 2.24) is 10.6 Å². The molecule has 0 bridgehead atoms. The van der Waals surface area contributed by atoms with E-state index in [0.29, 0.717) is 18.2 Å². The molecule has 1 aliphatic carbocycles. The second-order valence-corrected chi connectivity index (χ2v) is 6.15. The molecule has 0 atom stereocenters. The van der Waals surface area contributed by atoms with E-state index in [0.717, 1.165) is 31.1 Å². The van der Waals surface area contributed by atoms with Crippen LogP contribution in [0.15, 0.2) is 29.3 Å². The molecule has 0 aromatic heterocycles. The van der Waals surface area contributed by atoms with Gasteiger partial charge in [0, 0.05) is 26.7 Å². The Kier molecular flexibility index (Phi) is 11.2. The van der Waals surface area contributed by atoms with Crippen LogP contribution in [0.25, 0.3) is 0 Å². The fraction of sp³-hybridized carbons (Fsp3) is 0.579. The lowest BCUT2D eigenvalue weighted by Gasteiger charge is -2.22. The predicted octanol–water partition coefficient (Wildman–Crippen LogP) is 3.58. The molecule has 0 saturated heterocycles. The second-order valence-electron chi connectivity index (χ2n) is 6.15. The fourth-order valence-corrected chi connectivity index (χ4v) is 2.86. The van der Waals surface area contributed by atoms with Crippen LogP contribution in [0.5, 0.6) is 0 Å². The van der Waals surface area contributed by atoms with E-state index in [9.17, 15) is 0 Å². The van der Waals surface area contributed by atoms with E-state index in [2.05, 4.69) is 21.7 Å². The summed E-state index contributed by atoms with van der Waals surface area (Å²) in [6.45, 7) is 2.34. The van der Waals surface area contributed by atoms with Crippen molar-refractivity contribution in [3.8, 4) is 6.07 Å². The van der Waals surface area contributed by atoms with Gasteiger partial charge in [-0.05, 0) is 37.0 Å². The van der Waals surface area contributed by atoms with Gasteiger partial charge in [0.15, 0.2) is 5.96 Å². The van der Waals surface area contributed by atoms with Gasteiger partial charge in [-0.15, -0.1) is 24.0 Å². The molecule has 1 saturated carbocycles. The molecule has 25 heavy (non-hydrogen) atoms. The zero-order valence-electron chi connectivity index (χ0n) is 15.0. The molecule has 2 rings (SSSR count). The SMILES string of the molecule is CN=C(NCCCOC1CCCCC1)NCc1ccc(C#N)cc1.I. The van der Waals surface area contributed by atoms with Gasteiger partial charge in [0.25, 0.3) is 0 Å². The number of nitrogens with zero attached hydrogens (tertiary/aromatic N) is 2. The molecule has 0 unspecified atom stereocenters. The summed E-state index contributed by atoms with van der Waals surface area (Å²) in [6.07, 6.45) is 7.90. The average molecular weight is 456 g/mol. The molecule has 0 radical (unpaired) electrons. The van der Waals surface area contributed by atoms with Gasteiger partial charge in [0.2, 0.25) is 0 Å². The van der Waals surface area contributed by atoms with Gasteiger partial charge in [-0.1, -0.05) is 31.4 Å². The first-order valence-electron chi connectivity index (χ1n) is 8.87. The summed E-state index contributed by atoms with van der Waals surface area (Å²) < 4.78 is 5.92.